The van der Waals surface area contributed by atoms with Crippen molar-refractivity contribution in [1.82, 2.24) is 4.90 Å². The molecular weight excluding hydrogens is 394 g/mol. The lowest BCUT2D eigenvalue weighted by Gasteiger charge is -2.14. The fourth-order valence-corrected chi connectivity index (χ4v) is 3.34. The van der Waals surface area contributed by atoms with E-state index in [4.69, 9.17) is 9.47 Å². The number of methoxy groups -OCH3 is 1. The zero-order chi connectivity index (χ0) is 22.2. The Balaban J connectivity index is 1.68. The summed E-state index contributed by atoms with van der Waals surface area (Å²) in [6.45, 7) is 3.09. The Morgan fingerprint density at radius 1 is 1.16 bits per heavy atom. The Morgan fingerprint density at radius 2 is 1.90 bits per heavy atom. The van der Waals surface area contributed by atoms with Gasteiger partial charge in [-0.2, -0.15) is 5.26 Å². The molecule has 1 aliphatic heterocycles. The lowest BCUT2D eigenvalue weighted by molar-refractivity contribution is -0.125. The van der Waals surface area contributed by atoms with Crippen molar-refractivity contribution in [3.8, 4) is 17.6 Å². The zero-order valence-corrected chi connectivity index (χ0v) is 17.7. The zero-order valence-electron chi connectivity index (χ0n) is 17.7. The van der Waals surface area contributed by atoms with Crippen molar-refractivity contribution in [2.45, 2.75) is 19.8 Å². The third kappa shape index (κ3) is 5.64. The Morgan fingerprint density at radius 3 is 2.58 bits per heavy atom. The van der Waals surface area contributed by atoms with Crippen LogP contribution in [0, 0.1) is 18.3 Å². The van der Waals surface area contributed by atoms with Gasteiger partial charge in [-0.25, -0.2) is 0 Å². The molecule has 3 rings (SSSR count). The van der Waals surface area contributed by atoms with Crippen molar-refractivity contribution in [2.24, 2.45) is 0 Å². The monoisotopic (exact) mass is 419 g/mol. The normalized spacial score (nSPS) is 13.5. The first-order valence-corrected chi connectivity index (χ1v) is 10.1. The van der Waals surface area contributed by atoms with E-state index in [1.54, 1.807) is 23.1 Å². The van der Waals surface area contributed by atoms with Gasteiger partial charge in [0.15, 0.2) is 18.1 Å². The van der Waals surface area contributed by atoms with Crippen molar-refractivity contribution >= 4 is 23.6 Å². The molecule has 0 unspecified atom stereocenters. The molecule has 1 saturated heterocycles. The Labute approximate surface area is 181 Å². The second kappa shape index (κ2) is 10.3. The van der Waals surface area contributed by atoms with Crippen molar-refractivity contribution in [3.63, 3.8) is 0 Å². The molecule has 2 amide bonds. The second-order valence-corrected chi connectivity index (χ2v) is 7.23. The predicted molar refractivity (Wildman–Crippen MR) is 118 cm³/mol. The third-order valence-corrected chi connectivity index (χ3v) is 5.02. The molecule has 0 spiro atoms. The van der Waals surface area contributed by atoms with E-state index < -0.39 is 0 Å². The van der Waals surface area contributed by atoms with E-state index in [0.717, 1.165) is 24.1 Å². The second-order valence-electron chi connectivity index (χ2n) is 7.23. The molecule has 0 bridgehead atoms. The number of carbonyl (C=O) groups excluding carboxylic acids is 2. The Hall–Kier alpha value is -3.79. The first kappa shape index (κ1) is 21.9. The van der Waals surface area contributed by atoms with Crippen molar-refractivity contribution in [1.29, 1.82) is 5.26 Å². The van der Waals surface area contributed by atoms with E-state index in [0.29, 0.717) is 30.2 Å². The number of hydrogen-bond acceptors (Lipinski definition) is 5. The lowest BCUT2D eigenvalue weighted by atomic mass is 10.1. The van der Waals surface area contributed by atoms with Gasteiger partial charge in [-0.3, -0.25) is 9.59 Å². The number of aryl methyl sites for hydroxylation is 1. The topological polar surface area (TPSA) is 91.7 Å². The number of nitriles is 1. The molecule has 7 heteroatoms. The molecule has 0 atom stereocenters. The van der Waals surface area contributed by atoms with Crippen LogP contribution in [0.2, 0.25) is 0 Å². The molecule has 7 nitrogen and oxygen atoms in total. The summed E-state index contributed by atoms with van der Waals surface area (Å²) in [7, 11) is 1.49. The number of rotatable bonds is 7. The summed E-state index contributed by atoms with van der Waals surface area (Å²) in [6, 6.07) is 14.5. The molecule has 0 aliphatic carbocycles. The van der Waals surface area contributed by atoms with Gasteiger partial charge in [0.05, 0.1) is 7.11 Å². The van der Waals surface area contributed by atoms with Gasteiger partial charge in [-0.1, -0.05) is 24.3 Å². The summed E-state index contributed by atoms with van der Waals surface area (Å²) in [4.78, 5) is 26.4. The number of benzene rings is 2. The highest BCUT2D eigenvalue weighted by molar-refractivity contribution is 6.01. The summed E-state index contributed by atoms with van der Waals surface area (Å²) in [5.74, 6) is 0.253. The van der Waals surface area contributed by atoms with Gasteiger partial charge in [-0.05, 0) is 55.2 Å². The van der Waals surface area contributed by atoms with E-state index in [1.165, 1.54) is 13.2 Å². The highest BCUT2D eigenvalue weighted by Crippen LogP contribution is 2.29. The van der Waals surface area contributed by atoms with Crippen molar-refractivity contribution in [3.05, 3.63) is 59.2 Å². The van der Waals surface area contributed by atoms with E-state index >= 15 is 0 Å². The minimum atomic E-state index is -0.289. The Kier molecular flexibility index (Phi) is 7.28. The minimum absolute atomic E-state index is 0.0789. The average Bonchev–Trinajstić information content (AvgIpc) is 3.32. The number of hydrogen-bond donors (Lipinski definition) is 1. The molecule has 2 aromatic carbocycles. The first-order chi connectivity index (χ1) is 15.0. The van der Waals surface area contributed by atoms with E-state index in [9.17, 15) is 14.9 Å². The largest absolute Gasteiger partial charge is 0.493 e. The molecule has 0 saturated carbocycles. The van der Waals surface area contributed by atoms with Gasteiger partial charge < -0.3 is 19.7 Å². The predicted octanol–water partition coefficient (Wildman–Crippen LogP) is 3.55. The van der Waals surface area contributed by atoms with Crippen LogP contribution in [0.15, 0.2) is 48.0 Å². The molecule has 1 N–H and O–H groups in total. The van der Waals surface area contributed by atoms with Crippen LogP contribution >= 0.6 is 0 Å². The quantitative estimate of drug-likeness (QED) is 0.547. The van der Waals surface area contributed by atoms with Gasteiger partial charge in [0.2, 0.25) is 0 Å². The number of nitrogens with zero attached hydrogens (tertiary/aromatic N) is 2. The van der Waals surface area contributed by atoms with Gasteiger partial charge in [0.25, 0.3) is 11.8 Å². The van der Waals surface area contributed by atoms with Crippen molar-refractivity contribution in [2.75, 3.05) is 32.1 Å². The standard InChI is InChI=1S/C24H25N3O4/c1-17-7-3-4-8-20(17)26-23(28)16-31-21-10-9-18(14-22(21)30-2)13-19(15-25)24(29)27-11-5-6-12-27/h3-4,7-10,13-14H,5-6,11-12,16H2,1-2H3,(H,26,28)/b19-13+. The summed E-state index contributed by atoms with van der Waals surface area (Å²) in [5, 5.41) is 12.2. The minimum Gasteiger partial charge on any atom is -0.493 e. The van der Waals surface area contributed by atoms with Gasteiger partial charge in [0.1, 0.15) is 11.6 Å². The summed E-state index contributed by atoms with van der Waals surface area (Å²) in [6.07, 6.45) is 3.46. The first-order valence-electron chi connectivity index (χ1n) is 10.1. The average molecular weight is 419 g/mol. The Bertz CT molecular complexity index is 1030. The van der Waals surface area contributed by atoms with Gasteiger partial charge in [-0.15, -0.1) is 0 Å². The van der Waals surface area contributed by atoms with E-state index in [2.05, 4.69) is 5.32 Å². The number of nitrogens with one attached hydrogen (secondary N) is 1. The van der Waals surface area contributed by atoms with E-state index in [1.807, 2.05) is 37.3 Å². The molecule has 0 aromatic heterocycles. The van der Waals surface area contributed by atoms with Crippen LogP contribution in [0.25, 0.3) is 6.08 Å². The smallest absolute Gasteiger partial charge is 0.264 e. The fraction of sp³-hybridized carbons (Fsp3) is 0.292. The number of anilines is 1. The summed E-state index contributed by atoms with van der Waals surface area (Å²) < 4.78 is 11.0. The lowest BCUT2D eigenvalue weighted by Crippen LogP contribution is -2.28. The van der Waals surface area contributed by atoms with Crippen LogP contribution in [0.5, 0.6) is 11.5 Å². The van der Waals surface area contributed by atoms with Gasteiger partial charge in [0, 0.05) is 18.8 Å². The van der Waals surface area contributed by atoms with Crippen LogP contribution in [0.4, 0.5) is 5.69 Å². The molecular formula is C24H25N3O4. The number of likely N-dealkylation sites (tertiary alicyclic amines) is 1. The molecule has 2 aromatic rings. The number of para-hydroxylation sites is 1. The van der Waals surface area contributed by atoms with Crippen LogP contribution in [0.1, 0.15) is 24.0 Å². The van der Waals surface area contributed by atoms with Crippen molar-refractivity contribution < 1.29 is 19.1 Å². The van der Waals surface area contributed by atoms with Crippen LogP contribution in [0.3, 0.4) is 0 Å². The maximum atomic E-state index is 12.5. The number of ether oxygens (including phenoxy) is 2. The highest BCUT2D eigenvalue weighted by Gasteiger charge is 2.21. The third-order valence-electron chi connectivity index (χ3n) is 5.02. The molecule has 1 heterocycles. The molecule has 1 aliphatic rings. The maximum absolute atomic E-state index is 12.5. The fourth-order valence-electron chi connectivity index (χ4n) is 3.34. The number of amides is 2. The van der Waals surface area contributed by atoms with Gasteiger partial charge >= 0.3 is 0 Å². The molecule has 0 radical (unpaired) electrons. The van der Waals surface area contributed by atoms with Crippen LogP contribution in [-0.4, -0.2) is 43.5 Å². The summed E-state index contributed by atoms with van der Waals surface area (Å²) >= 11 is 0. The molecule has 31 heavy (non-hydrogen) atoms. The van der Waals surface area contributed by atoms with Crippen LogP contribution < -0.4 is 14.8 Å². The highest BCUT2D eigenvalue weighted by atomic mass is 16.5. The molecule has 1 fully saturated rings. The van der Waals surface area contributed by atoms with Crippen LogP contribution in [-0.2, 0) is 9.59 Å². The number of carbonyl (C=O) groups is 2. The SMILES string of the molecule is COc1cc(/C=C(\C#N)C(=O)N2CCCC2)ccc1OCC(=O)Nc1ccccc1C. The maximum Gasteiger partial charge on any atom is 0.264 e. The summed E-state index contributed by atoms with van der Waals surface area (Å²) in [5.41, 5.74) is 2.41. The molecule has 160 valence electrons. The van der Waals surface area contributed by atoms with E-state index in [-0.39, 0.29) is 24.0 Å².